The van der Waals surface area contributed by atoms with E-state index in [1.165, 1.54) is 67.9 Å². The van der Waals surface area contributed by atoms with Crippen LogP contribution in [0.25, 0.3) is 21.9 Å². The van der Waals surface area contributed by atoms with Crippen LogP contribution in [0.4, 0.5) is 0 Å². The second kappa shape index (κ2) is 7.90. The Hall–Kier alpha value is -1.81. The van der Waals surface area contributed by atoms with Crippen molar-refractivity contribution in [2.45, 2.75) is 97.6 Å². The molecule has 1 saturated carbocycles. The molecular formula is C28H41N3O. The number of benzene rings is 1. The van der Waals surface area contributed by atoms with E-state index in [9.17, 15) is 0 Å². The molecular weight excluding hydrogens is 394 g/mol. The molecule has 0 bridgehead atoms. The van der Waals surface area contributed by atoms with Crippen LogP contribution in [0.2, 0.25) is 0 Å². The van der Waals surface area contributed by atoms with E-state index in [1.54, 1.807) is 0 Å². The van der Waals surface area contributed by atoms with Gasteiger partial charge in [-0.2, -0.15) is 0 Å². The van der Waals surface area contributed by atoms with Crippen molar-refractivity contribution in [3.63, 3.8) is 0 Å². The summed E-state index contributed by atoms with van der Waals surface area (Å²) in [6.45, 7) is 16.5. The van der Waals surface area contributed by atoms with Gasteiger partial charge in [-0.15, -0.1) is 0 Å². The molecule has 1 aliphatic heterocycles. The molecule has 0 spiro atoms. The lowest BCUT2D eigenvalue weighted by molar-refractivity contribution is 0.0626. The first-order valence-electron chi connectivity index (χ1n) is 12.8. The molecule has 0 amide bonds. The van der Waals surface area contributed by atoms with Crippen molar-refractivity contribution in [1.82, 2.24) is 14.6 Å². The fourth-order valence-corrected chi connectivity index (χ4v) is 6.34. The molecule has 3 aromatic rings. The number of piperidine rings is 1. The number of rotatable bonds is 2. The van der Waals surface area contributed by atoms with Crippen molar-refractivity contribution in [1.29, 1.82) is 0 Å². The number of aromatic nitrogens is 2. The van der Waals surface area contributed by atoms with E-state index in [0.29, 0.717) is 11.5 Å². The SMILES string of the molecule is CC(C)(C)c1noc2ccc3c(ccn3C3CCC(N4CCC(C(C)(C)C)CC4)CC3)c12. The molecule has 32 heavy (non-hydrogen) atoms. The maximum atomic E-state index is 5.68. The van der Waals surface area contributed by atoms with Crippen LogP contribution in [0.5, 0.6) is 0 Å². The Bertz CT molecular complexity index is 1080. The Kier molecular flexibility index (Phi) is 5.43. The molecule has 1 aliphatic carbocycles. The summed E-state index contributed by atoms with van der Waals surface area (Å²) in [5, 5.41) is 6.92. The van der Waals surface area contributed by atoms with Crippen LogP contribution < -0.4 is 0 Å². The molecule has 2 fully saturated rings. The average Bonchev–Trinajstić information content (AvgIpc) is 3.37. The number of likely N-dealkylation sites (tertiary alicyclic amines) is 1. The summed E-state index contributed by atoms with van der Waals surface area (Å²) in [6.07, 6.45) is 10.3. The highest BCUT2D eigenvalue weighted by molar-refractivity contribution is 6.06. The van der Waals surface area contributed by atoms with Gasteiger partial charge in [0.25, 0.3) is 0 Å². The minimum atomic E-state index is -0.0276. The van der Waals surface area contributed by atoms with Crippen LogP contribution >= 0.6 is 0 Å². The first-order valence-corrected chi connectivity index (χ1v) is 12.8. The Labute approximate surface area is 193 Å². The Morgan fingerprint density at radius 3 is 2.12 bits per heavy atom. The van der Waals surface area contributed by atoms with E-state index in [1.807, 2.05) is 0 Å². The van der Waals surface area contributed by atoms with Crippen molar-refractivity contribution >= 4 is 21.9 Å². The van der Waals surface area contributed by atoms with Gasteiger partial charge in [0.15, 0.2) is 5.58 Å². The van der Waals surface area contributed by atoms with E-state index >= 15 is 0 Å². The number of fused-ring (bicyclic) bond motifs is 3. The fraction of sp³-hybridized carbons (Fsp3) is 0.679. The third-order valence-electron chi connectivity index (χ3n) is 8.38. The van der Waals surface area contributed by atoms with Gasteiger partial charge in [0.1, 0.15) is 0 Å². The molecule has 2 aromatic heterocycles. The lowest BCUT2D eigenvalue weighted by atomic mass is 9.75. The summed E-state index contributed by atoms with van der Waals surface area (Å²) in [5.74, 6) is 0.883. The van der Waals surface area contributed by atoms with Gasteiger partial charge in [-0.05, 0) is 81.1 Å². The highest BCUT2D eigenvalue weighted by atomic mass is 16.5. The van der Waals surface area contributed by atoms with Gasteiger partial charge in [-0.25, -0.2) is 0 Å². The molecule has 1 saturated heterocycles. The first-order chi connectivity index (χ1) is 15.1. The van der Waals surface area contributed by atoms with Gasteiger partial charge in [0.05, 0.1) is 11.1 Å². The van der Waals surface area contributed by atoms with Crippen LogP contribution in [-0.4, -0.2) is 33.8 Å². The summed E-state index contributed by atoms with van der Waals surface area (Å²) in [7, 11) is 0. The molecule has 0 radical (unpaired) electrons. The standard InChI is InChI=1S/C28H41N3O/c1-27(2,3)19-13-16-30(17-14-19)20-7-9-21(10-8-20)31-18-15-22-23(31)11-12-24-25(22)26(29-32-24)28(4,5)6/h11-12,15,18-21H,7-10,13-14,16-17H2,1-6H3. The summed E-state index contributed by atoms with van der Waals surface area (Å²) < 4.78 is 8.22. The topological polar surface area (TPSA) is 34.2 Å². The molecule has 4 heteroatoms. The van der Waals surface area contributed by atoms with Gasteiger partial charge >= 0.3 is 0 Å². The minimum absolute atomic E-state index is 0.0276. The third-order valence-corrected chi connectivity index (χ3v) is 8.38. The first kappa shape index (κ1) is 22.0. The number of hydrogen-bond donors (Lipinski definition) is 0. The largest absolute Gasteiger partial charge is 0.356 e. The maximum absolute atomic E-state index is 5.68. The van der Waals surface area contributed by atoms with Crippen molar-refractivity contribution in [3.05, 3.63) is 30.1 Å². The van der Waals surface area contributed by atoms with Crippen LogP contribution in [0.15, 0.2) is 28.9 Å². The van der Waals surface area contributed by atoms with Crippen LogP contribution in [0.1, 0.15) is 91.8 Å². The molecule has 4 nitrogen and oxygen atoms in total. The zero-order valence-corrected chi connectivity index (χ0v) is 20.9. The van der Waals surface area contributed by atoms with Crippen molar-refractivity contribution in [3.8, 4) is 0 Å². The zero-order valence-electron chi connectivity index (χ0n) is 20.9. The van der Waals surface area contributed by atoms with E-state index in [0.717, 1.165) is 23.2 Å². The molecule has 1 aromatic carbocycles. The summed E-state index contributed by atoms with van der Waals surface area (Å²) in [5.41, 5.74) is 3.74. The molecule has 0 unspecified atom stereocenters. The summed E-state index contributed by atoms with van der Waals surface area (Å²) >= 11 is 0. The van der Waals surface area contributed by atoms with Crippen LogP contribution in [0.3, 0.4) is 0 Å². The van der Waals surface area contributed by atoms with Gasteiger partial charge < -0.3 is 14.0 Å². The molecule has 3 heterocycles. The molecule has 0 N–H and O–H groups in total. The third kappa shape index (κ3) is 3.89. The van der Waals surface area contributed by atoms with E-state index < -0.39 is 0 Å². The maximum Gasteiger partial charge on any atom is 0.167 e. The Morgan fingerprint density at radius 2 is 1.50 bits per heavy atom. The van der Waals surface area contributed by atoms with Crippen LogP contribution in [0, 0.1) is 11.3 Å². The van der Waals surface area contributed by atoms with E-state index in [2.05, 4.69) is 80.6 Å². The zero-order chi connectivity index (χ0) is 22.7. The highest BCUT2D eigenvalue weighted by Gasteiger charge is 2.33. The van der Waals surface area contributed by atoms with Crippen LogP contribution in [-0.2, 0) is 5.41 Å². The Balaban J connectivity index is 1.31. The smallest absolute Gasteiger partial charge is 0.167 e. The molecule has 0 atom stereocenters. The van der Waals surface area contributed by atoms with E-state index in [4.69, 9.17) is 4.52 Å². The average molecular weight is 436 g/mol. The van der Waals surface area contributed by atoms with Crippen molar-refractivity contribution in [2.75, 3.05) is 13.1 Å². The van der Waals surface area contributed by atoms with Crippen molar-refractivity contribution in [2.24, 2.45) is 11.3 Å². The normalized spacial score (nSPS) is 24.6. The van der Waals surface area contributed by atoms with Crippen molar-refractivity contribution < 1.29 is 4.52 Å². The predicted molar refractivity (Wildman–Crippen MR) is 133 cm³/mol. The molecule has 174 valence electrons. The lowest BCUT2D eigenvalue weighted by Gasteiger charge is -2.44. The van der Waals surface area contributed by atoms with Gasteiger partial charge in [-0.3, -0.25) is 0 Å². The fourth-order valence-electron chi connectivity index (χ4n) is 6.34. The second-order valence-electron chi connectivity index (χ2n) is 12.5. The quantitative estimate of drug-likeness (QED) is 0.423. The van der Waals surface area contributed by atoms with Gasteiger partial charge in [0.2, 0.25) is 0 Å². The minimum Gasteiger partial charge on any atom is -0.356 e. The highest BCUT2D eigenvalue weighted by Crippen LogP contribution is 2.40. The monoisotopic (exact) mass is 435 g/mol. The summed E-state index contributed by atoms with van der Waals surface area (Å²) in [4.78, 5) is 2.81. The predicted octanol–water partition coefficient (Wildman–Crippen LogP) is 7.32. The second-order valence-corrected chi connectivity index (χ2v) is 12.5. The Morgan fingerprint density at radius 1 is 0.844 bits per heavy atom. The molecule has 2 aliphatic rings. The lowest BCUT2D eigenvalue weighted by Crippen LogP contribution is -2.45. The molecule has 5 rings (SSSR count). The van der Waals surface area contributed by atoms with E-state index in [-0.39, 0.29) is 5.41 Å². The number of hydrogen-bond acceptors (Lipinski definition) is 3. The number of nitrogens with zero attached hydrogens (tertiary/aromatic N) is 3. The van der Waals surface area contributed by atoms with Gasteiger partial charge in [-0.1, -0.05) is 46.7 Å². The van der Waals surface area contributed by atoms with Gasteiger partial charge in [0, 0.05) is 34.6 Å². The summed E-state index contributed by atoms with van der Waals surface area (Å²) in [6, 6.07) is 8.02.